The molecule has 1 unspecified atom stereocenters. The molecule has 112 valence electrons. The van der Waals surface area contributed by atoms with Crippen molar-refractivity contribution in [3.05, 3.63) is 0 Å². The first-order valence-electron chi connectivity index (χ1n) is 5.92. The Kier molecular flexibility index (Phi) is 5.17. The fourth-order valence-corrected chi connectivity index (χ4v) is 2.11. The van der Waals surface area contributed by atoms with E-state index in [0.717, 1.165) is 0 Å². The summed E-state index contributed by atoms with van der Waals surface area (Å²) in [6, 6.07) is 0. The van der Waals surface area contributed by atoms with Crippen LogP contribution in [0, 0.1) is 5.92 Å². The summed E-state index contributed by atoms with van der Waals surface area (Å²) in [5, 5.41) is 18.7. The van der Waals surface area contributed by atoms with E-state index < -0.39 is 30.2 Å². The van der Waals surface area contributed by atoms with E-state index in [9.17, 15) is 23.1 Å². The van der Waals surface area contributed by atoms with E-state index in [4.69, 9.17) is 9.84 Å². The number of nitrogens with zero attached hydrogens (tertiary/aromatic N) is 1. The second-order valence-corrected chi connectivity index (χ2v) is 4.97. The average molecular weight is 285 g/mol. The highest BCUT2D eigenvalue weighted by Crippen LogP contribution is 2.28. The summed E-state index contributed by atoms with van der Waals surface area (Å²) in [4.78, 5) is 11.8. The predicted octanol–water partition coefficient (Wildman–Crippen LogP) is 0.723. The van der Waals surface area contributed by atoms with Crippen LogP contribution in [0.15, 0.2) is 0 Å². The van der Waals surface area contributed by atoms with Gasteiger partial charge in [-0.25, -0.2) is 0 Å². The van der Waals surface area contributed by atoms with Gasteiger partial charge in [0.25, 0.3) is 0 Å². The van der Waals surface area contributed by atoms with E-state index in [1.54, 1.807) is 0 Å². The van der Waals surface area contributed by atoms with Crippen LogP contribution >= 0.6 is 0 Å². The Morgan fingerprint density at radius 2 is 1.95 bits per heavy atom. The summed E-state index contributed by atoms with van der Waals surface area (Å²) >= 11 is 0. The third-order valence-corrected chi connectivity index (χ3v) is 3.18. The van der Waals surface area contributed by atoms with Crippen LogP contribution in [0.1, 0.15) is 12.8 Å². The molecular formula is C11H18F3NO4. The second kappa shape index (κ2) is 6.06. The quantitative estimate of drug-likeness (QED) is 0.779. The summed E-state index contributed by atoms with van der Waals surface area (Å²) in [6.07, 6.45) is -4.12. The standard InChI is InChI=1S/C11H18F3NO4/c1-15(6-8(9(16)17)11(12,13)14)7-10(18)2-4-19-5-3-10/h8,18H,2-7H2,1H3,(H,16,17). The third-order valence-electron chi connectivity index (χ3n) is 3.18. The molecule has 0 radical (unpaired) electrons. The largest absolute Gasteiger partial charge is 0.481 e. The first kappa shape index (κ1) is 16.2. The van der Waals surface area contributed by atoms with Crippen molar-refractivity contribution in [3.8, 4) is 0 Å². The Morgan fingerprint density at radius 1 is 1.42 bits per heavy atom. The molecule has 0 bridgehead atoms. The van der Waals surface area contributed by atoms with Crippen molar-refractivity contribution in [2.45, 2.75) is 24.6 Å². The maximum absolute atomic E-state index is 12.5. The number of carboxylic acids is 1. The molecule has 0 saturated carbocycles. The van der Waals surface area contributed by atoms with Crippen LogP contribution in [0.3, 0.4) is 0 Å². The predicted molar refractivity (Wildman–Crippen MR) is 59.7 cm³/mol. The zero-order valence-corrected chi connectivity index (χ0v) is 10.6. The first-order valence-corrected chi connectivity index (χ1v) is 5.92. The highest BCUT2D eigenvalue weighted by Gasteiger charge is 2.46. The van der Waals surface area contributed by atoms with E-state index in [0.29, 0.717) is 26.1 Å². The molecule has 0 aliphatic carbocycles. The van der Waals surface area contributed by atoms with Gasteiger partial charge in [-0.15, -0.1) is 0 Å². The Labute approximate surface area is 109 Å². The fraction of sp³-hybridized carbons (Fsp3) is 0.909. The molecule has 1 aliphatic heterocycles. The zero-order chi connectivity index (χ0) is 14.7. The lowest BCUT2D eigenvalue weighted by molar-refractivity contribution is -0.197. The fourth-order valence-electron chi connectivity index (χ4n) is 2.11. The molecule has 1 rings (SSSR count). The van der Waals surface area contributed by atoms with Crippen molar-refractivity contribution < 1.29 is 32.9 Å². The topological polar surface area (TPSA) is 70.0 Å². The lowest BCUT2D eigenvalue weighted by Crippen LogP contribution is -2.49. The van der Waals surface area contributed by atoms with Gasteiger partial charge in [0.05, 0.1) is 5.60 Å². The molecule has 0 amide bonds. The summed E-state index contributed by atoms with van der Waals surface area (Å²) in [6.45, 7) is 0.0240. The zero-order valence-electron chi connectivity index (χ0n) is 10.6. The smallest absolute Gasteiger partial charge is 0.403 e. The molecule has 1 aliphatic rings. The summed E-state index contributed by atoms with van der Waals surface area (Å²) < 4.78 is 42.6. The van der Waals surface area contributed by atoms with Crippen LogP contribution in [0.25, 0.3) is 0 Å². The summed E-state index contributed by atoms with van der Waals surface area (Å²) in [5.74, 6) is -4.35. The molecular weight excluding hydrogens is 267 g/mol. The number of carbonyl (C=O) groups is 1. The van der Waals surface area contributed by atoms with Gasteiger partial charge < -0.3 is 19.8 Å². The van der Waals surface area contributed by atoms with Crippen LogP contribution in [-0.4, -0.2) is 66.2 Å². The maximum atomic E-state index is 12.5. The van der Waals surface area contributed by atoms with E-state index in [1.807, 2.05) is 0 Å². The van der Waals surface area contributed by atoms with Crippen LogP contribution in [-0.2, 0) is 9.53 Å². The normalized spacial score (nSPS) is 21.4. The van der Waals surface area contributed by atoms with Gasteiger partial charge in [0.1, 0.15) is 0 Å². The van der Waals surface area contributed by atoms with Crippen molar-refractivity contribution >= 4 is 5.97 Å². The average Bonchev–Trinajstić information content (AvgIpc) is 2.24. The monoisotopic (exact) mass is 285 g/mol. The van der Waals surface area contributed by atoms with Crippen LogP contribution < -0.4 is 0 Å². The minimum Gasteiger partial charge on any atom is -0.481 e. The SMILES string of the molecule is CN(CC(C(=O)O)C(F)(F)F)CC1(O)CCOCC1. The number of aliphatic hydroxyl groups is 1. The molecule has 5 nitrogen and oxygen atoms in total. The number of hydrogen-bond acceptors (Lipinski definition) is 4. The number of hydrogen-bond donors (Lipinski definition) is 2. The lowest BCUT2D eigenvalue weighted by atomic mass is 9.93. The minimum absolute atomic E-state index is 0.00375. The summed E-state index contributed by atoms with van der Waals surface area (Å²) in [7, 11) is 1.37. The number of rotatable bonds is 5. The highest BCUT2D eigenvalue weighted by atomic mass is 19.4. The Balaban J connectivity index is 2.57. The van der Waals surface area contributed by atoms with Crippen molar-refractivity contribution in [1.82, 2.24) is 4.90 Å². The number of alkyl halides is 3. The van der Waals surface area contributed by atoms with E-state index in [2.05, 4.69) is 0 Å². The van der Waals surface area contributed by atoms with Crippen molar-refractivity contribution in [2.24, 2.45) is 5.92 Å². The highest BCUT2D eigenvalue weighted by molar-refractivity contribution is 5.71. The number of likely N-dealkylation sites (N-methyl/N-ethyl adjacent to an activating group) is 1. The van der Waals surface area contributed by atoms with Crippen LogP contribution in [0.4, 0.5) is 13.2 Å². The van der Waals surface area contributed by atoms with E-state index in [-0.39, 0.29) is 6.54 Å². The molecule has 19 heavy (non-hydrogen) atoms. The molecule has 0 aromatic heterocycles. The molecule has 1 heterocycles. The molecule has 2 N–H and O–H groups in total. The van der Waals surface area contributed by atoms with Gasteiger partial charge in [-0.2, -0.15) is 13.2 Å². The van der Waals surface area contributed by atoms with E-state index in [1.165, 1.54) is 11.9 Å². The van der Waals surface area contributed by atoms with Crippen molar-refractivity contribution in [1.29, 1.82) is 0 Å². The third kappa shape index (κ3) is 4.96. The molecule has 1 atom stereocenters. The molecule has 8 heteroatoms. The van der Waals surface area contributed by atoms with Gasteiger partial charge in [-0.3, -0.25) is 4.79 Å². The molecule has 0 spiro atoms. The van der Waals surface area contributed by atoms with Crippen LogP contribution in [0.2, 0.25) is 0 Å². The van der Waals surface area contributed by atoms with Gasteiger partial charge >= 0.3 is 12.1 Å². The Hall–Kier alpha value is -0.860. The van der Waals surface area contributed by atoms with Crippen molar-refractivity contribution in [3.63, 3.8) is 0 Å². The second-order valence-electron chi connectivity index (χ2n) is 4.97. The van der Waals surface area contributed by atoms with Crippen molar-refractivity contribution in [2.75, 3.05) is 33.4 Å². The first-order chi connectivity index (χ1) is 8.64. The number of aliphatic carboxylic acids is 1. The Morgan fingerprint density at radius 3 is 2.37 bits per heavy atom. The lowest BCUT2D eigenvalue weighted by Gasteiger charge is -2.36. The van der Waals surface area contributed by atoms with Crippen LogP contribution in [0.5, 0.6) is 0 Å². The molecule has 0 aromatic carbocycles. The molecule has 1 fully saturated rings. The number of ether oxygens (including phenoxy) is 1. The minimum atomic E-state index is -4.79. The Bertz CT molecular complexity index is 316. The van der Waals surface area contributed by atoms with E-state index >= 15 is 0 Å². The van der Waals surface area contributed by atoms with Gasteiger partial charge in [0, 0.05) is 39.1 Å². The number of halogens is 3. The number of carboxylic acid groups (broad SMARTS) is 1. The molecule has 0 aromatic rings. The van der Waals surface area contributed by atoms with Gasteiger partial charge in [-0.05, 0) is 7.05 Å². The van der Waals surface area contributed by atoms with Gasteiger partial charge in [-0.1, -0.05) is 0 Å². The summed E-state index contributed by atoms with van der Waals surface area (Å²) in [5.41, 5.74) is -1.11. The maximum Gasteiger partial charge on any atom is 0.403 e. The molecule has 1 saturated heterocycles. The van der Waals surface area contributed by atoms with Gasteiger partial charge in [0.15, 0.2) is 5.92 Å². The van der Waals surface area contributed by atoms with Gasteiger partial charge in [0.2, 0.25) is 0 Å².